The van der Waals surface area contributed by atoms with Crippen molar-refractivity contribution in [2.24, 2.45) is 5.92 Å². The molecule has 0 spiro atoms. The van der Waals surface area contributed by atoms with Gasteiger partial charge in [-0.2, -0.15) is 11.8 Å². The van der Waals surface area contributed by atoms with Crippen LogP contribution in [0.4, 0.5) is 5.95 Å². The lowest BCUT2D eigenvalue weighted by Crippen LogP contribution is -2.19. The molecule has 82 valence electrons. The van der Waals surface area contributed by atoms with Crippen molar-refractivity contribution < 1.29 is 0 Å². The summed E-state index contributed by atoms with van der Waals surface area (Å²) in [5.74, 6) is 4.12. The number of rotatable bonds is 3. The molecule has 15 heavy (non-hydrogen) atoms. The van der Waals surface area contributed by atoms with Crippen molar-refractivity contribution in [1.82, 2.24) is 9.97 Å². The summed E-state index contributed by atoms with van der Waals surface area (Å²) in [5.41, 5.74) is 0. The molecular formula is C10H14BrN3S. The molecule has 0 unspecified atom stereocenters. The average Bonchev–Trinajstić information content (AvgIpc) is 2.30. The Hall–Kier alpha value is -0.290. The lowest BCUT2D eigenvalue weighted by Gasteiger charge is -2.21. The minimum atomic E-state index is 0.733. The molecule has 0 aromatic carbocycles. The van der Waals surface area contributed by atoms with Crippen molar-refractivity contribution >= 4 is 33.6 Å². The van der Waals surface area contributed by atoms with Gasteiger partial charge in [0.2, 0.25) is 5.95 Å². The number of aromatic nitrogens is 2. The molecule has 0 bridgehead atoms. The second kappa shape index (κ2) is 5.70. The Morgan fingerprint density at radius 1 is 1.33 bits per heavy atom. The van der Waals surface area contributed by atoms with Gasteiger partial charge < -0.3 is 5.32 Å². The van der Waals surface area contributed by atoms with Crippen LogP contribution in [0, 0.1) is 5.92 Å². The van der Waals surface area contributed by atoms with E-state index in [1.807, 2.05) is 0 Å². The molecule has 3 nitrogen and oxygen atoms in total. The topological polar surface area (TPSA) is 37.8 Å². The van der Waals surface area contributed by atoms with Crippen LogP contribution in [0.5, 0.6) is 0 Å². The van der Waals surface area contributed by atoms with Crippen molar-refractivity contribution in [3.05, 3.63) is 16.9 Å². The van der Waals surface area contributed by atoms with Gasteiger partial charge in [0.25, 0.3) is 0 Å². The van der Waals surface area contributed by atoms with Gasteiger partial charge in [-0.3, -0.25) is 0 Å². The van der Waals surface area contributed by atoms with Crippen molar-refractivity contribution in [3.8, 4) is 0 Å². The Labute approximate surface area is 103 Å². The van der Waals surface area contributed by atoms with Gasteiger partial charge in [-0.05, 0) is 46.2 Å². The monoisotopic (exact) mass is 287 g/mol. The van der Waals surface area contributed by atoms with Crippen LogP contribution in [0.15, 0.2) is 16.9 Å². The molecule has 1 saturated heterocycles. The van der Waals surface area contributed by atoms with Gasteiger partial charge in [0.1, 0.15) is 0 Å². The number of nitrogens with one attached hydrogen (secondary N) is 1. The lowest BCUT2D eigenvalue weighted by atomic mass is 10.0. The first-order chi connectivity index (χ1) is 7.34. The average molecular weight is 288 g/mol. The maximum Gasteiger partial charge on any atom is 0.222 e. The van der Waals surface area contributed by atoms with E-state index in [4.69, 9.17) is 0 Å². The van der Waals surface area contributed by atoms with Gasteiger partial charge in [0, 0.05) is 18.9 Å². The van der Waals surface area contributed by atoms with E-state index in [0.29, 0.717) is 0 Å². The predicted octanol–water partition coefficient (Wildman–Crippen LogP) is 2.79. The molecule has 0 aliphatic carbocycles. The highest BCUT2D eigenvalue weighted by Gasteiger charge is 2.13. The van der Waals surface area contributed by atoms with E-state index in [9.17, 15) is 0 Å². The number of thioether (sulfide) groups is 1. The molecular weight excluding hydrogens is 274 g/mol. The Morgan fingerprint density at radius 2 is 2.00 bits per heavy atom. The molecule has 1 aliphatic rings. The molecule has 2 heterocycles. The maximum absolute atomic E-state index is 4.19. The van der Waals surface area contributed by atoms with Crippen molar-refractivity contribution in [1.29, 1.82) is 0 Å². The van der Waals surface area contributed by atoms with E-state index in [0.717, 1.165) is 22.9 Å². The van der Waals surface area contributed by atoms with Crippen LogP contribution in [0.1, 0.15) is 12.8 Å². The minimum Gasteiger partial charge on any atom is -0.354 e. The highest BCUT2D eigenvalue weighted by Crippen LogP contribution is 2.22. The van der Waals surface area contributed by atoms with Gasteiger partial charge in [0.05, 0.1) is 4.47 Å². The van der Waals surface area contributed by atoms with Crippen LogP contribution in [0.3, 0.4) is 0 Å². The summed E-state index contributed by atoms with van der Waals surface area (Å²) in [6.45, 7) is 1.00. The zero-order valence-electron chi connectivity index (χ0n) is 8.45. The Kier molecular flexibility index (Phi) is 4.26. The van der Waals surface area contributed by atoms with E-state index in [2.05, 4.69) is 43.0 Å². The molecule has 0 atom stereocenters. The first-order valence-corrected chi connectivity index (χ1v) is 7.08. The lowest BCUT2D eigenvalue weighted by molar-refractivity contribution is 0.514. The molecule has 1 aliphatic heterocycles. The number of anilines is 1. The smallest absolute Gasteiger partial charge is 0.222 e. The van der Waals surface area contributed by atoms with E-state index < -0.39 is 0 Å². The summed E-state index contributed by atoms with van der Waals surface area (Å²) in [6, 6.07) is 0. The first kappa shape index (κ1) is 11.2. The second-order valence-electron chi connectivity index (χ2n) is 3.66. The third-order valence-corrected chi connectivity index (χ3v) is 3.97. The first-order valence-electron chi connectivity index (χ1n) is 5.14. The molecule has 5 heteroatoms. The highest BCUT2D eigenvalue weighted by atomic mass is 79.9. The fraction of sp³-hybridized carbons (Fsp3) is 0.600. The zero-order chi connectivity index (χ0) is 10.5. The second-order valence-corrected chi connectivity index (χ2v) is 5.80. The Bertz CT molecular complexity index is 298. The SMILES string of the molecule is Brc1cnc(NCC2CCSCC2)nc1. The number of hydrogen-bond donors (Lipinski definition) is 1. The molecule has 2 rings (SSSR count). The quantitative estimate of drug-likeness (QED) is 0.928. The van der Waals surface area contributed by atoms with Crippen LogP contribution in [0.25, 0.3) is 0 Å². The summed E-state index contributed by atoms with van der Waals surface area (Å²) >= 11 is 5.37. The summed E-state index contributed by atoms with van der Waals surface area (Å²) in [4.78, 5) is 8.38. The number of nitrogens with zero attached hydrogens (tertiary/aromatic N) is 2. The summed E-state index contributed by atoms with van der Waals surface area (Å²) in [5, 5.41) is 3.29. The van der Waals surface area contributed by atoms with Gasteiger partial charge in [-0.1, -0.05) is 0 Å². The minimum absolute atomic E-state index is 0.733. The van der Waals surface area contributed by atoms with E-state index in [1.54, 1.807) is 12.4 Å². The summed E-state index contributed by atoms with van der Waals surface area (Å²) < 4.78 is 0.919. The zero-order valence-corrected chi connectivity index (χ0v) is 10.9. The van der Waals surface area contributed by atoms with Crippen LogP contribution in [-0.2, 0) is 0 Å². The van der Waals surface area contributed by atoms with Gasteiger partial charge in [-0.25, -0.2) is 9.97 Å². The van der Waals surface area contributed by atoms with Gasteiger partial charge in [-0.15, -0.1) is 0 Å². The normalized spacial score (nSPS) is 17.7. The van der Waals surface area contributed by atoms with Crippen molar-refractivity contribution in [3.63, 3.8) is 0 Å². The Morgan fingerprint density at radius 3 is 2.67 bits per heavy atom. The van der Waals surface area contributed by atoms with Crippen LogP contribution >= 0.6 is 27.7 Å². The fourth-order valence-corrected chi connectivity index (χ4v) is 3.00. The molecule has 0 amide bonds. The van der Waals surface area contributed by atoms with Crippen LogP contribution < -0.4 is 5.32 Å². The summed E-state index contributed by atoms with van der Waals surface area (Å²) in [6.07, 6.45) is 6.17. The van der Waals surface area contributed by atoms with Gasteiger partial charge >= 0.3 is 0 Å². The fourth-order valence-electron chi connectivity index (χ4n) is 1.59. The maximum atomic E-state index is 4.19. The Balaban J connectivity index is 1.79. The van der Waals surface area contributed by atoms with Crippen LogP contribution in [-0.4, -0.2) is 28.0 Å². The number of hydrogen-bond acceptors (Lipinski definition) is 4. The van der Waals surface area contributed by atoms with E-state index in [1.165, 1.54) is 24.3 Å². The van der Waals surface area contributed by atoms with Crippen molar-refractivity contribution in [2.75, 3.05) is 23.4 Å². The van der Waals surface area contributed by atoms with E-state index >= 15 is 0 Å². The third-order valence-electron chi connectivity index (χ3n) is 2.51. The molecule has 1 aromatic heterocycles. The third kappa shape index (κ3) is 3.65. The predicted molar refractivity (Wildman–Crippen MR) is 68.3 cm³/mol. The highest BCUT2D eigenvalue weighted by molar-refractivity contribution is 9.10. The standard InChI is InChI=1S/C10H14BrN3S/c11-9-6-13-10(14-7-9)12-5-8-1-3-15-4-2-8/h6-8H,1-5H2,(H,12,13,14). The number of halogens is 1. The van der Waals surface area contributed by atoms with Crippen molar-refractivity contribution in [2.45, 2.75) is 12.8 Å². The van der Waals surface area contributed by atoms with E-state index in [-0.39, 0.29) is 0 Å². The summed E-state index contributed by atoms with van der Waals surface area (Å²) in [7, 11) is 0. The van der Waals surface area contributed by atoms with Gasteiger partial charge in [0.15, 0.2) is 0 Å². The molecule has 1 N–H and O–H groups in total. The molecule has 0 radical (unpaired) electrons. The molecule has 1 fully saturated rings. The van der Waals surface area contributed by atoms with Crippen LogP contribution in [0.2, 0.25) is 0 Å². The molecule has 0 saturated carbocycles. The largest absolute Gasteiger partial charge is 0.354 e. The molecule has 1 aromatic rings.